The SMILES string of the molecule is COc1ccc(C2CCc3cc(O[Si](C)(C)C(C)(C)C)ccc3C2)c(NCC(Cc2ccc(OCCN3CCCCCC3)cc2)O[Si](C)(C)C(C)(C)C)c1. The van der Waals surface area contributed by atoms with E-state index in [1.807, 2.05) is 0 Å². The lowest BCUT2D eigenvalue weighted by Gasteiger charge is -2.39. The van der Waals surface area contributed by atoms with Crippen LogP contribution in [0.4, 0.5) is 5.69 Å². The quantitative estimate of drug-likeness (QED) is 0.155. The van der Waals surface area contributed by atoms with E-state index >= 15 is 0 Å². The van der Waals surface area contributed by atoms with Crippen LogP contribution in [0.1, 0.15) is 102 Å². The number of likely N-dealkylation sites (tertiary alicyclic amines) is 1. The number of hydrogen-bond acceptors (Lipinski definition) is 6. The minimum atomic E-state index is -2.04. The molecule has 2 atom stereocenters. The highest BCUT2D eigenvalue weighted by atomic mass is 28.4. The van der Waals surface area contributed by atoms with Gasteiger partial charge in [0.05, 0.1) is 13.2 Å². The normalized spacial score (nSPS) is 18.0. The highest BCUT2D eigenvalue weighted by molar-refractivity contribution is 6.75. The smallest absolute Gasteiger partial charge is 0.250 e. The van der Waals surface area contributed by atoms with E-state index in [1.54, 1.807) is 7.11 Å². The second-order valence-electron chi connectivity index (χ2n) is 19.0. The van der Waals surface area contributed by atoms with Crippen molar-refractivity contribution in [2.24, 2.45) is 0 Å². The molecule has 1 fully saturated rings. The molecule has 0 saturated carbocycles. The highest BCUT2D eigenvalue weighted by Crippen LogP contribution is 2.42. The summed E-state index contributed by atoms with van der Waals surface area (Å²) in [7, 11) is -2.18. The summed E-state index contributed by atoms with van der Waals surface area (Å²) in [6.45, 7) is 28.1. The maximum absolute atomic E-state index is 7.15. The molecule has 5 rings (SSSR count). The van der Waals surface area contributed by atoms with Crippen molar-refractivity contribution in [3.63, 3.8) is 0 Å². The van der Waals surface area contributed by atoms with Gasteiger partial charge in [-0.3, -0.25) is 4.90 Å². The van der Waals surface area contributed by atoms with E-state index < -0.39 is 16.6 Å². The number of nitrogens with zero attached hydrogens (tertiary/aromatic N) is 1. The maximum atomic E-state index is 7.15. The Hall–Kier alpha value is -2.79. The lowest BCUT2D eigenvalue weighted by Crippen LogP contribution is -2.46. The molecule has 0 amide bonds. The molecule has 1 N–H and O–H groups in total. The Bertz CT molecular complexity index is 1640. The fourth-order valence-electron chi connectivity index (χ4n) is 7.29. The lowest BCUT2D eigenvalue weighted by atomic mass is 9.79. The number of hydrogen-bond donors (Lipinski definition) is 1. The van der Waals surface area contributed by atoms with Gasteiger partial charge >= 0.3 is 0 Å². The van der Waals surface area contributed by atoms with Crippen LogP contribution in [0, 0.1) is 0 Å². The molecule has 2 unspecified atom stereocenters. The molecule has 1 saturated heterocycles. The molecule has 0 spiro atoms. The third kappa shape index (κ3) is 11.4. The monoisotopic (exact) mass is 773 g/mol. The Labute approximate surface area is 331 Å². The molecule has 54 heavy (non-hydrogen) atoms. The molecule has 3 aromatic carbocycles. The zero-order valence-corrected chi connectivity index (χ0v) is 37.7. The summed E-state index contributed by atoms with van der Waals surface area (Å²) in [6.07, 6.45) is 9.38. The molecule has 8 heteroatoms. The molecule has 0 aromatic heterocycles. The highest BCUT2D eigenvalue weighted by Gasteiger charge is 2.40. The van der Waals surface area contributed by atoms with E-state index in [0.717, 1.165) is 68.3 Å². The maximum Gasteiger partial charge on any atom is 0.250 e. The van der Waals surface area contributed by atoms with Crippen LogP contribution in [-0.2, 0) is 23.7 Å². The Morgan fingerprint density at radius 1 is 0.759 bits per heavy atom. The first-order valence-electron chi connectivity index (χ1n) is 20.8. The van der Waals surface area contributed by atoms with Crippen molar-refractivity contribution in [1.82, 2.24) is 4.90 Å². The van der Waals surface area contributed by atoms with Crippen LogP contribution >= 0.6 is 0 Å². The first-order chi connectivity index (χ1) is 25.4. The van der Waals surface area contributed by atoms with E-state index in [9.17, 15) is 0 Å². The Morgan fingerprint density at radius 2 is 1.41 bits per heavy atom. The zero-order chi connectivity index (χ0) is 39.1. The molecule has 2 aliphatic rings. The Kier molecular flexibility index (Phi) is 14.1. The van der Waals surface area contributed by atoms with Crippen LogP contribution in [-0.4, -0.2) is 67.5 Å². The van der Waals surface area contributed by atoms with Gasteiger partial charge in [-0.05, 0) is 146 Å². The predicted octanol–water partition coefficient (Wildman–Crippen LogP) is 11.7. The number of aryl methyl sites for hydroxylation is 1. The van der Waals surface area contributed by atoms with Crippen molar-refractivity contribution < 1.29 is 18.3 Å². The first-order valence-corrected chi connectivity index (χ1v) is 26.6. The van der Waals surface area contributed by atoms with Gasteiger partial charge in [-0.1, -0.05) is 78.6 Å². The lowest BCUT2D eigenvalue weighted by molar-refractivity contribution is 0.192. The second-order valence-corrected chi connectivity index (χ2v) is 28.5. The van der Waals surface area contributed by atoms with Gasteiger partial charge in [0.15, 0.2) is 8.32 Å². The van der Waals surface area contributed by atoms with Crippen LogP contribution in [0.15, 0.2) is 60.7 Å². The minimum Gasteiger partial charge on any atom is -0.543 e. The fraction of sp³-hybridized carbons (Fsp3) is 0.609. The molecule has 3 aromatic rings. The van der Waals surface area contributed by atoms with Crippen LogP contribution in [0.5, 0.6) is 17.2 Å². The van der Waals surface area contributed by atoms with E-state index in [-0.39, 0.29) is 16.2 Å². The number of benzene rings is 3. The minimum absolute atomic E-state index is 0.0196. The Balaban J connectivity index is 1.28. The third-order valence-electron chi connectivity index (χ3n) is 12.8. The van der Waals surface area contributed by atoms with Gasteiger partial charge in [-0.25, -0.2) is 0 Å². The van der Waals surface area contributed by atoms with Gasteiger partial charge in [0.25, 0.3) is 0 Å². The van der Waals surface area contributed by atoms with Crippen molar-refractivity contribution in [2.75, 3.05) is 45.2 Å². The van der Waals surface area contributed by atoms with Crippen molar-refractivity contribution in [3.8, 4) is 17.2 Å². The van der Waals surface area contributed by atoms with Crippen molar-refractivity contribution in [3.05, 3.63) is 82.9 Å². The van der Waals surface area contributed by atoms with Crippen LogP contribution < -0.4 is 19.2 Å². The molecule has 6 nitrogen and oxygen atoms in total. The summed E-state index contributed by atoms with van der Waals surface area (Å²) < 4.78 is 25.8. The molecule has 1 heterocycles. The summed E-state index contributed by atoms with van der Waals surface area (Å²) in [5.74, 6) is 3.27. The van der Waals surface area contributed by atoms with Crippen molar-refractivity contribution in [2.45, 2.75) is 141 Å². The van der Waals surface area contributed by atoms with E-state index in [0.29, 0.717) is 5.92 Å². The summed E-state index contributed by atoms with van der Waals surface area (Å²) in [4.78, 5) is 2.56. The summed E-state index contributed by atoms with van der Waals surface area (Å²) >= 11 is 0. The number of fused-ring (bicyclic) bond motifs is 1. The van der Waals surface area contributed by atoms with Crippen molar-refractivity contribution in [1.29, 1.82) is 0 Å². The van der Waals surface area contributed by atoms with Gasteiger partial charge in [0.2, 0.25) is 8.32 Å². The number of nitrogens with one attached hydrogen (secondary N) is 1. The molecule has 0 bridgehead atoms. The van der Waals surface area contributed by atoms with E-state index in [4.69, 9.17) is 18.3 Å². The van der Waals surface area contributed by atoms with Gasteiger partial charge < -0.3 is 23.6 Å². The largest absolute Gasteiger partial charge is 0.543 e. The molecular weight excluding hydrogens is 701 g/mol. The Morgan fingerprint density at radius 3 is 2.06 bits per heavy atom. The molecular formula is C46H72N2O4Si2. The summed E-state index contributed by atoms with van der Waals surface area (Å²) in [5, 5.41) is 4.19. The first kappa shape index (κ1) is 42.4. The molecule has 1 aliphatic heterocycles. The van der Waals surface area contributed by atoms with Gasteiger partial charge in [-0.15, -0.1) is 0 Å². The molecule has 0 radical (unpaired) electrons. The number of anilines is 1. The molecule has 1 aliphatic carbocycles. The van der Waals surface area contributed by atoms with E-state index in [1.165, 1.54) is 61.0 Å². The molecule has 298 valence electrons. The fourth-order valence-corrected chi connectivity index (χ4v) is 9.67. The predicted molar refractivity (Wildman–Crippen MR) is 233 cm³/mol. The van der Waals surface area contributed by atoms with Crippen LogP contribution in [0.2, 0.25) is 36.3 Å². The van der Waals surface area contributed by atoms with Gasteiger partial charge in [-0.2, -0.15) is 0 Å². The number of ether oxygens (including phenoxy) is 2. The number of methoxy groups -OCH3 is 1. The topological polar surface area (TPSA) is 52.2 Å². The van der Waals surface area contributed by atoms with Crippen molar-refractivity contribution >= 4 is 22.3 Å². The average molecular weight is 773 g/mol. The summed E-state index contributed by atoms with van der Waals surface area (Å²) in [6, 6.07) is 22.1. The van der Waals surface area contributed by atoms with Crippen LogP contribution in [0.3, 0.4) is 0 Å². The van der Waals surface area contributed by atoms with Gasteiger partial charge in [0, 0.05) is 24.8 Å². The third-order valence-corrected chi connectivity index (χ3v) is 21.7. The second kappa shape index (κ2) is 18.0. The average Bonchev–Trinajstić information content (AvgIpc) is 3.39. The number of rotatable bonds is 15. The van der Waals surface area contributed by atoms with Crippen LogP contribution in [0.25, 0.3) is 0 Å². The summed E-state index contributed by atoms with van der Waals surface area (Å²) in [5.41, 5.74) is 6.65. The zero-order valence-electron chi connectivity index (χ0n) is 35.7. The standard InChI is InChI=1S/C46H72N2O4Si2/c1-45(2,3)53(8,9)51-41-23-20-36-31-38(19-18-37(36)32-41)43-25-24-40(49-7)33-44(43)47-34-42(52-54(10,11)46(4,5)6)30-35-16-21-39(22-17-35)50-29-28-48-26-14-12-13-15-27-48/h16-17,20-25,32-33,38,42,47H,12-15,18-19,26-31,34H2,1-11H3. The van der Waals surface area contributed by atoms with E-state index in [2.05, 4.69) is 139 Å². The van der Waals surface area contributed by atoms with Gasteiger partial charge in [0.1, 0.15) is 23.9 Å².